The molecule has 0 aliphatic heterocycles. The Morgan fingerprint density at radius 3 is 2.44 bits per heavy atom. The number of rotatable bonds is 6. The molecule has 1 heterocycles. The Labute approximate surface area is 145 Å². The van der Waals surface area contributed by atoms with Gasteiger partial charge in [-0.15, -0.1) is 0 Å². The van der Waals surface area contributed by atoms with Crippen molar-refractivity contribution in [2.75, 3.05) is 0 Å². The summed E-state index contributed by atoms with van der Waals surface area (Å²) in [5.41, 5.74) is -0.532. The molecule has 8 nitrogen and oxygen atoms in total. The highest BCUT2D eigenvalue weighted by Gasteiger charge is 2.27. The first-order chi connectivity index (χ1) is 11.6. The number of hydrogen-bond acceptors (Lipinski definition) is 6. The molecule has 0 aliphatic carbocycles. The molecule has 5 N–H and O–H groups in total. The van der Waals surface area contributed by atoms with E-state index >= 15 is 0 Å². The summed E-state index contributed by atoms with van der Waals surface area (Å²) in [6.07, 6.45) is -0.575. The predicted molar refractivity (Wildman–Crippen MR) is 93.4 cm³/mol. The van der Waals surface area contributed by atoms with Crippen molar-refractivity contribution in [3.05, 3.63) is 34.1 Å². The van der Waals surface area contributed by atoms with Crippen molar-refractivity contribution >= 4 is 21.0 Å². The zero-order valence-electron chi connectivity index (χ0n) is 14.1. The molecule has 138 valence electrons. The van der Waals surface area contributed by atoms with Crippen molar-refractivity contribution in [2.24, 2.45) is 0 Å². The molecule has 0 bridgehead atoms. The van der Waals surface area contributed by atoms with E-state index in [4.69, 9.17) is 0 Å². The van der Waals surface area contributed by atoms with E-state index in [0.29, 0.717) is 11.8 Å². The van der Waals surface area contributed by atoms with Crippen molar-refractivity contribution in [3.63, 3.8) is 0 Å². The molecule has 0 radical (unpaired) electrons. The molecule has 1 aromatic carbocycles. The monoisotopic (exact) mass is 370 g/mol. The zero-order chi connectivity index (χ0) is 18.9. The van der Waals surface area contributed by atoms with Gasteiger partial charge in [-0.2, -0.15) is 8.42 Å². The van der Waals surface area contributed by atoms with Crippen molar-refractivity contribution in [1.82, 2.24) is 10.3 Å². The van der Waals surface area contributed by atoms with Gasteiger partial charge in [0.2, 0.25) is 5.56 Å². The van der Waals surface area contributed by atoms with Crippen LogP contribution in [0.3, 0.4) is 0 Å². The number of phenols is 1. The van der Waals surface area contributed by atoms with E-state index in [1.54, 1.807) is 0 Å². The highest BCUT2D eigenvalue weighted by atomic mass is 32.2. The summed E-state index contributed by atoms with van der Waals surface area (Å²) in [7, 11) is -4.75. The topological polar surface area (TPSA) is 140 Å². The van der Waals surface area contributed by atoms with E-state index in [1.165, 1.54) is 12.1 Å². The Hall–Kier alpha value is -1.94. The first-order valence-corrected chi connectivity index (χ1v) is 9.30. The zero-order valence-corrected chi connectivity index (χ0v) is 15.0. The summed E-state index contributed by atoms with van der Waals surface area (Å²) in [4.78, 5) is 13.1. The molecule has 2 unspecified atom stereocenters. The molecular formula is C16H22N2O6S. The Kier molecular flexibility index (Phi) is 5.52. The fraction of sp³-hybridized carbons (Fsp3) is 0.438. The molecular weight excluding hydrogens is 348 g/mol. The van der Waals surface area contributed by atoms with Gasteiger partial charge in [0.1, 0.15) is 4.90 Å². The van der Waals surface area contributed by atoms with Gasteiger partial charge >= 0.3 is 0 Å². The Morgan fingerprint density at radius 2 is 1.92 bits per heavy atom. The largest absolute Gasteiger partial charge is 0.504 e. The second-order valence-corrected chi connectivity index (χ2v) is 7.57. The molecule has 0 amide bonds. The molecule has 0 saturated carbocycles. The van der Waals surface area contributed by atoms with Crippen molar-refractivity contribution < 1.29 is 23.2 Å². The quantitative estimate of drug-likeness (QED) is 0.483. The van der Waals surface area contributed by atoms with E-state index in [-0.39, 0.29) is 17.1 Å². The number of H-pyrrole nitrogens is 1. The van der Waals surface area contributed by atoms with Crippen molar-refractivity contribution in [2.45, 2.75) is 50.3 Å². The van der Waals surface area contributed by atoms with Crippen LogP contribution in [0.4, 0.5) is 0 Å². The molecule has 2 aromatic rings. The Balaban J connectivity index is 2.78. The molecule has 1 aromatic heterocycles. The van der Waals surface area contributed by atoms with Gasteiger partial charge in [0.05, 0.1) is 11.6 Å². The number of aliphatic hydroxyl groups is 1. The van der Waals surface area contributed by atoms with Crippen molar-refractivity contribution in [1.29, 1.82) is 0 Å². The van der Waals surface area contributed by atoms with E-state index in [9.17, 15) is 28.0 Å². The Morgan fingerprint density at radius 1 is 1.28 bits per heavy atom. The number of aromatic nitrogens is 1. The van der Waals surface area contributed by atoms with Crippen LogP contribution in [0.25, 0.3) is 10.9 Å². The first-order valence-electron chi connectivity index (χ1n) is 7.86. The predicted octanol–water partition coefficient (Wildman–Crippen LogP) is 1.29. The number of nitrogens with one attached hydrogen (secondary N) is 2. The van der Waals surface area contributed by atoms with Gasteiger partial charge in [-0.05, 0) is 24.1 Å². The van der Waals surface area contributed by atoms with Gasteiger partial charge in [0.15, 0.2) is 5.75 Å². The van der Waals surface area contributed by atoms with Crippen LogP contribution in [0.2, 0.25) is 0 Å². The molecule has 0 aliphatic rings. The van der Waals surface area contributed by atoms with Gasteiger partial charge in [-0.25, -0.2) is 0 Å². The average Bonchev–Trinajstić information content (AvgIpc) is 2.51. The Bertz CT molecular complexity index is 936. The summed E-state index contributed by atoms with van der Waals surface area (Å²) in [6, 6.07) is 3.31. The van der Waals surface area contributed by atoms with Crippen LogP contribution in [0.1, 0.15) is 38.9 Å². The van der Waals surface area contributed by atoms with Crippen LogP contribution in [0.5, 0.6) is 5.75 Å². The second kappa shape index (κ2) is 7.12. The third-order valence-corrected chi connectivity index (χ3v) is 4.82. The summed E-state index contributed by atoms with van der Waals surface area (Å²) in [5.74, 6) is -0.768. The molecule has 2 atom stereocenters. The lowest BCUT2D eigenvalue weighted by Crippen LogP contribution is -2.39. The highest BCUT2D eigenvalue weighted by Crippen LogP contribution is 2.36. The van der Waals surface area contributed by atoms with E-state index < -0.39 is 38.5 Å². The van der Waals surface area contributed by atoms with Crippen molar-refractivity contribution in [3.8, 4) is 5.75 Å². The van der Waals surface area contributed by atoms with E-state index in [1.807, 2.05) is 20.8 Å². The maximum atomic E-state index is 11.6. The summed E-state index contributed by atoms with van der Waals surface area (Å²) in [6.45, 7) is 5.67. The highest BCUT2D eigenvalue weighted by molar-refractivity contribution is 7.86. The summed E-state index contributed by atoms with van der Waals surface area (Å²) in [5, 5.41) is 24.4. The van der Waals surface area contributed by atoms with Crippen LogP contribution in [-0.2, 0) is 10.1 Å². The number of phenolic OH excluding ortho intramolecular Hbond substituents is 1. The smallest absolute Gasteiger partial charge is 0.298 e. The maximum absolute atomic E-state index is 11.6. The van der Waals surface area contributed by atoms with Gasteiger partial charge in [0, 0.05) is 23.5 Å². The van der Waals surface area contributed by atoms with Gasteiger partial charge in [0.25, 0.3) is 10.1 Å². The molecule has 9 heteroatoms. The maximum Gasteiger partial charge on any atom is 0.298 e. The minimum atomic E-state index is -4.75. The van der Waals surface area contributed by atoms with E-state index in [2.05, 4.69) is 10.3 Å². The van der Waals surface area contributed by atoms with Gasteiger partial charge in [-0.3, -0.25) is 9.35 Å². The molecule has 0 fully saturated rings. The number of aliphatic hydroxyl groups excluding tert-OH is 1. The summed E-state index contributed by atoms with van der Waals surface area (Å²) < 4.78 is 32.5. The van der Waals surface area contributed by atoms with Crippen LogP contribution < -0.4 is 10.9 Å². The molecule has 2 rings (SSSR count). The fourth-order valence-electron chi connectivity index (χ4n) is 2.83. The SMILES string of the molecule is CCC(NC(C)C)C(O)c1cc(S(=O)(=O)O)c(O)c2[nH]c(=O)ccc12. The summed E-state index contributed by atoms with van der Waals surface area (Å²) >= 11 is 0. The van der Waals surface area contributed by atoms with Gasteiger partial charge in [-0.1, -0.05) is 20.8 Å². The lowest BCUT2D eigenvalue weighted by atomic mass is 9.95. The van der Waals surface area contributed by atoms with Crippen LogP contribution in [-0.4, -0.2) is 40.3 Å². The standard InChI is InChI=1S/C16H22N2O6S/c1-4-11(17-8(2)3)15(20)10-7-12(25(22,23)24)16(21)14-9(10)5-6-13(19)18-14/h5-8,11,15,17,20-21H,4H2,1-3H3,(H,18,19)(H,22,23,24). The van der Waals surface area contributed by atoms with Crippen LogP contribution in [0, 0.1) is 0 Å². The second-order valence-electron chi connectivity index (χ2n) is 6.18. The number of benzene rings is 1. The first kappa shape index (κ1) is 19.4. The molecule has 0 saturated heterocycles. The molecule has 0 spiro atoms. The lowest BCUT2D eigenvalue weighted by molar-refractivity contribution is 0.122. The number of aromatic amines is 1. The third-order valence-electron chi connectivity index (χ3n) is 3.95. The third kappa shape index (κ3) is 4.01. The molecule has 25 heavy (non-hydrogen) atoms. The van der Waals surface area contributed by atoms with Crippen LogP contribution in [0.15, 0.2) is 27.9 Å². The number of hydrogen-bond donors (Lipinski definition) is 5. The average molecular weight is 370 g/mol. The minimum absolute atomic E-state index is 0.0730. The fourth-order valence-corrected chi connectivity index (χ4v) is 3.45. The minimum Gasteiger partial charge on any atom is -0.504 e. The number of fused-ring (bicyclic) bond motifs is 1. The number of aromatic hydroxyl groups is 1. The van der Waals surface area contributed by atoms with Gasteiger partial charge < -0.3 is 20.5 Å². The van der Waals surface area contributed by atoms with Crippen LogP contribution >= 0.6 is 0 Å². The van der Waals surface area contributed by atoms with E-state index in [0.717, 1.165) is 6.07 Å². The lowest BCUT2D eigenvalue weighted by Gasteiger charge is -2.26. The normalized spacial score (nSPS) is 14.8. The number of pyridine rings is 1.